The van der Waals surface area contributed by atoms with Crippen LogP contribution in [0.15, 0.2) is 71.6 Å². The maximum absolute atomic E-state index is 12.8. The molecule has 0 aromatic heterocycles. The van der Waals surface area contributed by atoms with Gasteiger partial charge in [0.05, 0.1) is 24.7 Å². The van der Waals surface area contributed by atoms with Crippen molar-refractivity contribution in [2.24, 2.45) is 0 Å². The highest BCUT2D eigenvalue weighted by molar-refractivity contribution is 7.90. The molecule has 3 aromatic carbocycles. The van der Waals surface area contributed by atoms with E-state index < -0.39 is 22.0 Å². The number of rotatable bonds is 12. The quantitative estimate of drug-likeness (QED) is 0.174. The fourth-order valence-electron chi connectivity index (χ4n) is 5.14. The zero-order chi connectivity index (χ0) is 34.0. The van der Waals surface area contributed by atoms with Crippen LogP contribution in [-0.4, -0.2) is 59.2 Å². The van der Waals surface area contributed by atoms with Crippen LogP contribution >= 0.6 is 11.6 Å². The number of amides is 3. The van der Waals surface area contributed by atoms with Crippen molar-refractivity contribution in [2.45, 2.75) is 56.1 Å². The van der Waals surface area contributed by atoms with Crippen molar-refractivity contribution in [3.63, 3.8) is 0 Å². The molecule has 11 nitrogen and oxygen atoms in total. The lowest BCUT2D eigenvalue weighted by atomic mass is 9.93. The van der Waals surface area contributed by atoms with Crippen LogP contribution in [0.2, 0.25) is 5.02 Å². The Bertz CT molecular complexity index is 1720. The second-order valence-electron chi connectivity index (χ2n) is 11.0. The molecule has 0 atom stereocenters. The highest BCUT2D eigenvalue weighted by atomic mass is 35.5. The summed E-state index contributed by atoms with van der Waals surface area (Å²) in [5.41, 5.74) is 2.90. The number of methoxy groups -OCH3 is 2. The summed E-state index contributed by atoms with van der Waals surface area (Å²) in [6, 6.07) is 15.3. The molecule has 1 saturated carbocycles. The molecule has 0 saturated heterocycles. The monoisotopic (exact) mass is 683 g/mol. The first-order valence-corrected chi connectivity index (χ1v) is 16.9. The van der Waals surface area contributed by atoms with Gasteiger partial charge in [-0.15, -0.1) is 0 Å². The molecule has 0 spiro atoms. The molecule has 3 N–H and O–H groups in total. The first-order valence-electron chi connectivity index (χ1n) is 15.0. The van der Waals surface area contributed by atoms with Crippen molar-refractivity contribution in [1.29, 1.82) is 0 Å². The molecule has 3 aromatic rings. The number of ether oxygens (including phenoxy) is 3. The Morgan fingerprint density at radius 1 is 0.915 bits per heavy atom. The predicted molar refractivity (Wildman–Crippen MR) is 178 cm³/mol. The number of benzene rings is 3. The number of nitrogens with one attached hydrogen (secondary N) is 3. The van der Waals surface area contributed by atoms with Crippen molar-refractivity contribution < 1.29 is 37.0 Å². The number of carbonyl (C=O) groups excluding carboxylic acids is 3. The van der Waals surface area contributed by atoms with Crippen molar-refractivity contribution in [1.82, 2.24) is 15.4 Å². The van der Waals surface area contributed by atoms with Gasteiger partial charge in [-0.1, -0.05) is 35.9 Å². The van der Waals surface area contributed by atoms with E-state index in [1.165, 1.54) is 31.4 Å². The number of carbonyl (C=O) groups is 3. The highest BCUT2D eigenvalue weighted by Crippen LogP contribution is 2.24. The maximum atomic E-state index is 12.8. The number of esters is 1. The SMILES string of the molecule is COc1cc(/C=C/C(=O)OC2CCC(NC(=O)NS(=O)(=O)c3ccc(CCNC(=O)c4cc(Cl)ccc4OC)cc3)CC2)ccc1C. The summed E-state index contributed by atoms with van der Waals surface area (Å²) >= 11 is 6.00. The van der Waals surface area contributed by atoms with Crippen molar-refractivity contribution in [3.05, 3.63) is 94.0 Å². The molecule has 1 aliphatic rings. The summed E-state index contributed by atoms with van der Waals surface area (Å²) in [6.07, 6.45) is 5.30. The largest absolute Gasteiger partial charge is 0.496 e. The molecule has 250 valence electrons. The Labute approximate surface area is 279 Å². The number of aryl methyl sites for hydroxylation is 1. The lowest BCUT2D eigenvalue weighted by Gasteiger charge is -2.28. The topological polar surface area (TPSA) is 149 Å². The Kier molecular flexibility index (Phi) is 12.3. The molecule has 0 heterocycles. The summed E-state index contributed by atoms with van der Waals surface area (Å²) in [7, 11) is -1.06. The van der Waals surface area contributed by atoms with Gasteiger partial charge in [0, 0.05) is 23.7 Å². The number of sulfonamides is 1. The minimum atomic E-state index is -4.11. The molecule has 47 heavy (non-hydrogen) atoms. The van der Waals surface area contributed by atoms with Crippen LogP contribution < -0.4 is 24.8 Å². The molecule has 0 bridgehead atoms. The Balaban J connectivity index is 1.18. The second-order valence-corrected chi connectivity index (χ2v) is 13.2. The third-order valence-corrected chi connectivity index (χ3v) is 9.28. The average molecular weight is 684 g/mol. The molecular weight excluding hydrogens is 646 g/mol. The fraction of sp³-hybridized carbons (Fsp3) is 0.324. The van der Waals surface area contributed by atoms with Gasteiger partial charge in [0.15, 0.2) is 0 Å². The minimum Gasteiger partial charge on any atom is -0.496 e. The predicted octanol–water partition coefficient (Wildman–Crippen LogP) is 5.19. The first-order chi connectivity index (χ1) is 22.5. The molecule has 13 heteroatoms. The van der Waals surface area contributed by atoms with Gasteiger partial charge in [-0.3, -0.25) is 4.79 Å². The van der Waals surface area contributed by atoms with Gasteiger partial charge in [0.2, 0.25) is 0 Å². The molecule has 0 aliphatic heterocycles. The zero-order valence-corrected chi connectivity index (χ0v) is 28.0. The van der Waals surface area contributed by atoms with E-state index in [0.29, 0.717) is 55.0 Å². The van der Waals surface area contributed by atoms with Gasteiger partial charge in [0.25, 0.3) is 15.9 Å². The normalized spacial score (nSPS) is 16.3. The lowest BCUT2D eigenvalue weighted by Crippen LogP contribution is -2.46. The third kappa shape index (κ3) is 10.2. The minimum absolute atomic E-state index is 0.0724. The van der Waals surface area contributed by atoms with Crippen molar-refractivity contribution >= 4 is 45.6 Å². The molecule has 0 radical (unpaired) electrons. The maximum Gasteiger partial charge on any atom is 0.331 e. The number of halogens is 1. The molecule has 1 aliphatic carbocycles. The Morgan fingerprint density at radius 3 is 2.30 bits per heavy atom. The molecular formula is C34H38ClN3O8S. The van der Waals surface area contributed by atoms with Crippen molar-refractivity contribution in [3.8, 4) is 11.5 Å². The zero-order valence-electron chi connectivity index (χ0n) is 26.4. The summed E-state index contributed by atoms with van der Waals surface area (Å²) in [5.74, 6) is 0.323. The van der Waals surface area contributed by atoms with Crippen LogP contribution in [0.5, 0.6) is 11.5 Å². The van der Waals surface area contributed by atoms with E-state index in [-0.39, 0.29) is 22.9 Å². The average Bonchev–Trinajstić information content (AvgIpc) is 3.05. The smallest absolute Gasteiger partial charge is 0.331 e. The van der Waals surface area contributed by atoms with Crippen LogP contribution in [-0.2, 0) is 26.0 Å². The number of hydrogen-bond donors (Lipinski definition) is 3. The first kappa shape index (κ1) is 35.3. The van der Waals surface area contributed by atoms with E-state index >= 15 is 0 Å². The van der Waals surface area contributed by atoms with Gasteiger partial charge in [-0.25, -0.2) is 22.7 Å². The molecule has 0 unspecified atom stereocenters. The molecule has 3 amide bonds. The van der Waals surface area contributed by atoms with Crippen molar-refractivity contribution in [2.75, 3.05) is 20.8 Å². The van der Waals surface area contributed by atoms with Crippen LogP contribution in [0.25, 0.3) is 6.08 Å². The summed E-state index contributed by atoms with van der Waals surface area (Å²) in [4.78, 5) is 37.3. The molecule has 1 fully saturated rings. The van der Waals surface area contributed by atoms with Crippen LogP contribution in [0.3, 0.4) is 0 Å². The lowest BCUT2D eigenvalue weighted by molar-refractivity contribution is -0.144. The number of hydrogen-bond acceptors (Lipinski definition) is 8. The summed E-state index contributed by atoms with van der Waals surface area (Å²) in [6.45, 7) is 2.23. The van der Waals surface area contributed by atoms with Crippen LogP contribution in [0.1, 0.15) is 52.7 Å². The van der Waals surface area contributed by atoms with Gasteiger partial charge in [-0.05, 0) is 98.2 Å². The van der Waals surface area contributed by atoms with Gasteiger partial charge in [0.1, 0.15) is 17.6 Å². The van der Waals surface area contributed by atoms with Crippen LogP contribution in [0, 0.1) is 6.92 Å². The fourth-order valence-corrected chi connectivity index (χ4v) is 6.22. The van der Waals surface area contributed by atoms with Gasteiger partial charge in [-0.2, -0.15) is 0 Å². The second kappa shape index (κ2) is 16.3. The summed E-state index contributed by atoms with van der Waals surface area (Å²) < 4.78 is 43.8. The van der Waals surface area contributed by atoms with E-state index in [1.54, 1.807) is 37.5 Å². The van der Waals surface area contributed by atoms with Gasteiger partial charge >= 0.3 is 12.0 Å². The Hall–Kier alpha value is -4.55. The third-order valence-electron chi connectivity index (χ3n) is 7.70. The van der Waals surface area contributed by atoms with E-state index in [0.717, 1.165) is 22.4 Å². The van der Waals surface area contributed by atoms with E-state index in [9.17, 15) is 22.8 Å². The molecule has 4 rings (SSSR count). The van der Waals surface area contributed by atoms with Crippen LogP contribution in [0.4, 0.5) is 4.79 Å². The van der Waals surface area contributed by atoms with Gasteiger partial charge < -0.3 is 24.8 Å². The van der Waals surface area contributed by atoms with E-state index in [1.807, 2.05) is 25.1 Å². The highest BCUT2D eigenvalue weighted by Gasteiger charge is 2.26. The van der Waals surface area contributed by atoms with E-state index in [4.69, 9.17) is 25.8 Å². The van der Waals surface area contributed by atoms with E-state index in [2.05, 4.69) is 15.4 Å². The number of urea groups is 1. The summed E-state index contributed by atoms with van der Waals surface area (Å²) in [5, 5.41) is 5.91. The standard InChI is InChI=1S/C34H38ClN3O8S/c1-22-4-5-24(20-31(22)45-3)8-17-32(39)46-27-12-10-26(11-13-27)37-34(41)38-47(42,43)28-14-6-23(7-15-28)18-19-36-33(40)29-21-25(35)9-16-30(29)44-2/h4-9,14-17,20-21,26-27H,10-13,18-19H2,1-3H3,(H,36,40)(H2,37,38,41)/b17-8+. The Morgan fingerprint density at radius 2 is 1.62 bits per heavy atom.